The van der Waals surface area contributed by atoms with Crippen molar-refractivity contribution >= 4 is 33.4 Å². The molecule has 2 aromatic rings. The van der Waals surface area contributed by atoms with Gasteiger partial charge in [-0.05, 0) is 68.2 Å². The minimum atomic E-state index is -0.668. The van der Waals surface area contributed by atoms with Gasteiger partial charge in [0, 0.05) is 33.8 Å². The van der Waals surface area contributed by atoms with Crippen LogP contribution in [0.5, 0.6) is 11.5 Å². The first kappa shape index (κ1) is 23.5. The Morgan fingerprint density at radius 1 is 1.06 bits per heavy atom. The van der Waals surface area contributed by atoms with Crippen LogP contribution >= 0.6 is 15.9 Å². The van der Waals surface area contributed by atoms with Crippen molar-refractivity contribution in [2.45, 2.75) is 63.4 Å². The van der Waals surface area contributed by atoms with E-state index in [1.165, 1.54) is 0 Å². The monoisotopic (exact) mass is 549 g/mol. The zero-order valence-electron chi connectivity index (χ0n) is 20.2. The Bertz CT molecular complexity index is 1280. The second kappa shape index (κ2) is 9.51. The maximum absolute atomic E-state index is 13.8. The van der Waals surface area contributed by atoms with Gasteiger partial charge in [-0.2, -0.15) is 0 Å². The summed E-state index contributed by atoms with van der Waals surface area (Å²) in [7, 11) is 0. The van der Waals surface area contributed by atoms with Crippen molar-refractivity contribution in [3.05, 3.63) is 69.3 Å². The van der Waals surface area contributed by atoms with E-state index in [2.05, 4.69) is 28.1 Å². The minimum absolute atomic E-state index is 0.0367. The molecule has 2 aliphatic heterocycles. The van der Waals surface area contributed by atoms with Gasteiger partial charge < -0.3 is 14.2 Å². The second-order valence-electron chi connectivity index (χ2n) is 10.1. The van der Waals surface area contributed by atoms with Crippen molar-refractivity contribution in [2.24, 2.45) is 10.9 Å². The Morgan fingerprint density at radius 3 is 2.53 bits per heavy atom. The van der Waals surface area contributed by atoms with Gasteiger partial charge in [-0.1, -0.05) is 46.3 Å². The molecule has 6 nitrogen and oxygen atoms in total. The molecule has 7 heteroatoms. The first-order chi connectivity index (χ1) is 17.5. The first-order valence-electron chi connectivity index (χ1n) is 12.7. The number of hydrogen-bond acceptors (Lipinski definition) is 6. The molecular formula is C29H28BrNO5. The number of esters is 1. The molecule has 1 saturated carbocycles. The Kier molecular flexibility index (Phi) is 6.20. The van der Waals surface area contributed by atoms with Gasteiger partial charge in [0.25, 0.3) is 0 Å². The molecule has 36 heavy (non-hydrogen) atoms. The second-order valence-corrected chi connectivity index (χ2v) is 10.9. The van der Waals surface area contributed by atoms with Crippen molar-refractivity contribution in [3.8, 4) is 11.5 Å². The third kappa shape index (κ3) is 4.17. The summed E-state index contributed by atoms with van der Waals surface area (Å²) in [6.07, 6.45) is 4.90. The molecule has 3 atom stereocenters. The third-order valence-electron chi connectivity index (χ3n) is 7.83. The molecule has 0 aromatic heterocycles. The predicted molar refractivity (Wildman–Crippen MR) is 138 cm³/mol. The van der Waals surface area contributed by atoms with Crippen LogP contribution in [-0.2, 0) is 14.3 Å². The number of hydrogen-bond donors (Lipinski definition) is 0. The molecule has 186 valence electrons. The summed E-state index contributed by atoms with van der Waals surface area (Å²) in [5.41, 5.74) is 4.04. The first-order valence-corrected chi connectivity index (χ1v) is 13.4. The van der Waals surface area contributed by atoms with Crippen LogP contribution < -0.4 is 9.47 Å². The fourth-order valence-electron chi connectivity index (χ4n) is 6.08. The molecule has 0 bridgehead atoms. The van der Waals surface area contributed by atoms with Gasteiger partial charge >= 0.3 is 5.97 Å². The highest BCUT2D eigenvalue weighted by atomic mass is 79.9. The van der Waals surface area contributed by atoms with Crippen LogP contribution in [0, 0.1) is 5.92 Å². The lowest BCUT2D eigenvalue weighted by Gasteiger charge is -2.37. The summed E-state index contributed by atoms with van der Waals surface area (Å²) in [5, 5.41) is 0. The van der Waals surface area contributed by atoms with Crippen LogP contribution in [0.25, 0.3) is 0 Å². The van der Waals surface area contributed by atoms with E-state index < -0.39 is 11.8 Å². The molecular weight excluding hydrogens is 522 g/mol. The lowest BCUT2D eigenvalue weighted by atomic mass is 9.69. The normalized spacial score (nSPS) is 25.6. The largest absolute Gasteiger partial charge is 0.462 e. The molecule has 1 unspecified atom stereocenters. The van der Waals surface area contributed by atoms with Gasteiger partial charge in [0.15, 0.2) is 17.3 Å². The number of ketones is 1. The molecule has 4 aliphatic rings. The predicted octanol–water partition coefficient (Wildman–Crippen LogP) is 6.24. The average Bonchev–Trinajstić information content (AvgIpc) is 3.54. The van der Waals surface area contributed by atoms with E-state index in [4.69, 9.17) is 19.2 Å². The van der Waals surface area contributed by atoms with E-state index >= 15 is 0 Å². The van der Waals surface area contributed by atoms with Crippen molar-refractivity contribution in [1.29, 1.82) is 0 Å². The van der Waals surface area contributed by atoms with Crippen LogP contribution in [-0.4, -0.2) is 30.4 Å². The number of ether oxygens (including phenoxy) is 3. The number of carbonyl (C=O) groups excluding carboxylic acids is 2. The Morgan fingerprint density at radius 2 is 1.78 bits per heavy atom. The molecule has 6 rings (SSSR count). The molecule has 0 amide bonds. The number of rotatable bonds is 4. The van der Waals surface area contributed by atoms with Gasteiger partial charge in [-0.3, -0.25) is 14.6 Å². The van der Waals surface area contributed by atoms with Crippen LogP contribution in [0.1, 0.15) is 68.4 Å². The van der Waals surface area contributed by atoms with E-state index in [0.717, 1.165) is 47.0 Å². The summed E-state index contributed by atoms with van der Waals surface area (Å²) >= 11 is 3.69. The van der Waals surface area contributed by atoms with Crippen molar-refractivity contribution in [2.75, 3.05) is 6.79 Å². The van der Waals surface area contributed by atoms with Gasteiger partial charge in [-0.15, -0.1) is 0 Å². The molecule has 2 aliphatic carbocycles. The van der Waals surface area contributed by atoms with Gasteiger partial charge in [0.05, 0.1) is 0 Å². The molecule has 0 spiro atoms. The fourth-order valence-corrected chi connectivity index (χ4v) is 6.65. The molecule has 0 N–H and O–H groups in total. The van der Waals surface area contributed by atoms with Crippen molar-refractivity contribution < 1.29 is 23.8 Å². The number of benzene rings is 2. The van der Waals surface area contributed by atoms with Crippen LogP contribution in [0.3, 0.4) is 0 Å². The number of halogens is 1. The molecule has 2 aromatic carbocycles. The SMILES string of the molecule is CC1=NC2=C(C(=O)C[C@H](c3ccccc3)C2)[C@@H](c2cc3c(cc2Br)OCO3)C1C(=O)OC1CCCC1. The standard InChI is InChI=1S/C29H28BrNO5/c1-16-26(29(33)36-19-9-5-6-10-19)27(20-13-24-25(14-21(20)30)35-15-34-24)28-22(31-16)11-18(12-23(28)32)17-7-3-2-4-8-17/h2-4,7-8,13-14,18-19,26-27H,5-6,9-12,15H2,1H3/t18-,26?,27+/m1/s1. The van der Waals surface area contributed by atoms with E-state index in [1.54, 1.807) is 0 Å². The van der Waals surface area contributed by atoms with E-state index in [9.17, 15) is 9.59 Å². The molecule has 0 saturated heterocycles. The minimum Gasteiger partial charge on any atom is -0.462 e. The van der Waals surface area contributed by atoms with Gasteiger partial charge in [0.1, 0.15) is 12.0 Å². The highest BCUT2D eigenvalue weighted by molar-refractivity contribution is 9.10. The topological polar surface area (TPSA) is 74.2 Å². The lowest BCUT2D eigenvalue weighted by Crippen LogP contribution is -2.39. The van der Waals surface area contributed by atoms with Crippen molar-refractivity contribution in [1.82, 2.24) is 0 Å². The number of allylic oxidation sites excluding steroid dienone is 2. The van der Waals surface area contributed by atoms with Crippen LogP contribution in [0.2, 0.25) is 0 Å². The lowest BCUT2D eigenvalue weighted by molar-refractivity contribution is -0.151. The summed E-state index contributed by atoms with van der Waals surface area (Å²) < 4.78 is 18.0. The number of aliphatic imine (C=N–C) groups is 1. The third-order valence-corrected chi connectivity index (χ3v) is 8.51. The Labute approximate surface area is 218 Å². The van der Waals surface area contributed by atoms with Crippen molar-refractivity contribution in [3.63, 3.8) is 0 Å². The zero-order valence-corrected chi connectivity index (χ0v) is 21.8. The number of carbonyl (C=O) groups is 2. The van der Waals surface area contributed by atoms with E-state index in [-0.39, 0.29) is 30.6 Å². The summed E-state index contributed by atoms with van der Waals surface area (Å²) in [5.74, 6) is -0.111. The fraction of sp³-hybridized carbons (Fsp3) is 0.414. The highest BCUT2D eigenvalue weighted by Gasteiger charge is 2.46. The van der Waals surface area contributed by atoms with E-state index in [1.807, 2.05) is 37.3 Å². The summed E-state index contributed by atoms with van der Waals surface area (Å²) in [6, 6.07) is 13.9. The Hall–Kier alpha value is -2.93. The van der Waals surface area contributed by atoms with Gasteiger partial charge in [-0.25, -0.2) is 0 Å². The van der Waals surface area contributed by atoms with Crippen LogP contribution in [0.4, 0.5) is 0 Å². The summed E-state index contributed by atoms with van der Waals surface area (Å²) in [4.78, 5) is 32.4. The molecule has 2 heterocycles. The molecule has 1 fully saturated rings. The van der Waals surface area contributed by atoms with Gasteiger partial charge in [0.2, 0.25) is 6.79 Å². The molecule has 0 radical (unpaired) electrons. The Balaban J connectivity index is 1.44. The number of nitrogens with zero attached hydrogens (tertiary/aromatic N) is 1. The smallest absolute Gasteiger partial charge is 0.315 e. The summed E-state index contributed by atoms with van der Waals surface area (Å²) in [6.45, 7) is 2.03. The average molecular weight is 550 g/mol. The van der Waals surface area contributed by atoms with Crippen LogP contribution in [0.15, 0.2) is 63.2 Å². The zero-order chi connectivity index (χ0) is 24.8. The maximum Gasteiger partial charge on any atom is 0.315 e. The highest BCUT2D eigenvalue weighted by Crippen LogP contribution is 2.50. The number of Topliss-reactive ketones (excluding diaryl/α,β-unsaturated/α-hetero) is 1. The van der Waals surface area contributed by atoms with E-state index in [0.29, 0.717) is 35.6 Å². The number of fused-ring (bicyclic) bond motifs is 1. The maximum atomic E-state index is 13.8. The quantitative estimate of drug-likeness (QED) is 0.422.